The van der Waals surface area contributed by atoms with E-state index in [0.717, 1.165) is 0 Å². The number of amides is 1. The Labute approximate surface area is 128 Å². The number of para-hydroxylation sites is 1. The quantitative estimate of drug-likeness (QED) is 0.659. The maximum absolute atomic E-state index is 12.4. The summed E-state index contributed by atoms with van der Waals surface area (Å²) in [5.41, 5.74) is 1.08. The molecule has 0 fully saturated rings. The van der Waals surface area contributed by atoms with E-state index in [-0.39, 0.29) is 5.78 Å². The van der Waals surface area contributed by atoms with Gasteiger partial charge in [0.2, 0.25) is 5.91 Å². The van der Waals surface area contributed by atoms with E-state index in [0.29, 0.717) is 16.3 Å². The Hall–Kier alpha value is -2.17. The van der Waals surface area contributed by atoms with Crippen LogP contribution in [0.2, 0.25) is 5.02 Å². The molecule has 21 heavy (non-hydrogen) atoms. The molecule has 0 bridgehead atoms. The van der Waals surface area contributed by atoms with Crippen molar-refractivity contribution in [2.75, 3.05) is 12.4 Å². The summed E-state index contributed by atoms with van der Waals surface area (Å²) < 4.78 is 0. The SMILES string of the molecule is CN[C@H](C(=O)Nc1ccccc1)C(=O)c1ccc(Cl)cc1. The third-order valence-corrected chi connectivity index (χ3v) is 3.24. The molecule has 0 unspecified atom stereocenters. The Kier molecular flexibility index (Phi) is 5.09. The van der Waals surface area contributed by atoms with Gasteiger partial charge in [0.1, 0.15) is 0 Å². The lowest BCUT2D eigenvalue weighted by Crippen LogP contribution is -2.44. The summed E-state index contributed by atoms with van der Waals surface area (Å²) in [4.78, 5) is 24.6. The van der Waals surface area contributed by atoms with Crippen molar-refractivity contribution in [2.24, 2.45) is 0 Å². The molecule has 0 aliphatic rings. The van der Waals surface area contributed by atoms with Crippen LogP contribution in [-0.2, 0) is 4.79 Å². The molecule has 2 aromatic rings. The number of nitrogens with one attached hydrogen (secondary N) is 2. The number of hydrogen-bond acceptors (Lipinski definition) is 3. The lowest BCUT2D eigenvalue weighted by Gasteiger charge is -2.15. The highest BCUT2D eigenvalue weighted by molar-refractivity contribution is 6.30. The number of rotatable bonds is 5. The van der Waals surface area contributed by atoms with E-state index in [1.54, 1.807) is 43.4 Å². The average Bonchev–Trinajstić information content (AvgIpc) is 2.49. The summed E-state index contributed by atoms with van der Waals surface area (Å²) in [6.45, 7) is 0. The smallest absolute Gasteiger partial charge is 0.249 e. The van der Waals surface area contributed by atoms with Crippen molar-refractivity contribution >= 4 is 29.0 Å². The average molecular weight is 303 g/mol. The molecule has 0 aromatic heterocycles. The maximum atomic E-state index is 12.4. The molecular formula is C16H15ClN2O2. The molecule has 4 nitrogen and oxygen atoms in total. The fraction of sp³-hybridized carbons (Fsp3) is 0.125. The van der Waals surface area contributed by atoms with Crippen LogP contribution in [0.1, 0.15) is 10.4 Å². The first-order valence-corrected chi connectivity index (χ1v) is 6.82. The molecule has 0 aliphatic heterocycles. The van der Waals surface area contributed by atoms with Crippen LogP contribution in [0.5, 0.6) is 0 Å². The Morgan fingerprint density at radius 3 is 2.19 bits per heavy atom. The van der Waals surface area contributed by atoms with Gasteiger partial charge in [-0.1, -0.05) is 29.8 Å². The molecule has 2 aromatic carbocycles. The van der Waals surface area contributed by atoms with E-state index in [9.17, 15) is 9.59 Å². The largest absolute Gasteiger partial charge is 0.324 e. The standard InChI is InChI=1S/C16H15ClN2O2/c1-18-14(15(20)11-7-9-12(17)10-8-11)16(21)19-13-5-3-2-4-6-13/h2-10,14,18H,1H3,(H,19,21)/t14-/m0/s1. The number of likely N-dealkylation sites (N-methyl/N-ethyl adjacent to an activating group) is 1. The maximum Gasteiger partial charge on any atom is 0.249 e. The minimum absolute atomic E-state index is 0.303. The molecule has 108 valence electrons. The van der Waals surface area contributed by atoms with Crippen LogP contribution in [0.4, 0.5) is 5.69 Å². The molecule has 0 radical (unpaired) electrons. The van der Waals surface area contributed by atoms with Gasteiger partial charge in [-0.3, -0.25) is 9.59 Å². The van der Waals surface area contributed by atoms with Crippen LogP contribution >= 0.6 is 11.6 Å². The van der Waals surface area contributed by atoms with Gasteiger partial charge in [0.25, 0.3) is 0 Å². The monoisotopic (exact) mass is 302 g/mol. The molecule has 0 spiro atoms. The first-order valence-electron chi connectivity index (χ1n) is 6.45. The van der Waals surface area contributed by atoms with Crippen molar-refractivity contribution in [3.8, 4) is 0 Å². The number of anilines is 1. The van der Waals surface area contributed by atoms with Crippen molar-refractivity contribution in [1.82, 2.24) is 5.32 Å². The fourth-order valence-corrected chi connectivity index (χ4v) is 2.02. The van der Waals surface area contributed by atoms with Gasteiger partial charge < -0.3 is 10.6 Å². The predicted octanol–water partition coefficient (Wildman–Crippen LogP) is 2.75. The third kappa shape index (κ3) is 3.90. The van der Waals surface area contributed by atoms with Crippen molar-refractivity contribution in [1.29, 1.82) is 0 Å². The van der Waals surface area contributed by atoms with Gasteiger partial charge in [-0.15, -0.1) is 0 Å². The molecule has 2 rings (SSSR count). The van der Waals surface area contributed by atoms with Crippen LogP contribution in [0.15, 0.2) is 54.6 Å². The summed E-state index contributed by atoms with van der Waals surface area (Å²) in [5, 5.41) is 5.99. The van der Waals surface area contributed by atoms with Crippen LogP contribution in [0, 0.1) is 0 Å². The topological polar surface area (TPSA) is 58.2 Å². The van der Waals surface area contributed by atoms with E-state index in [1.165, 1.54) is 0 Å². The Balaban J connectivity index is 2.13. The summed E-state index contributed by atoms with van der Waals surface area (Å²) in [5.74, 6) is -0.703. The highest BCUT2D eigenvalue weighted by atomic mass is 35.5. The first kappa shape index (κ1) is 15.2. The Morgan fingerprint density at radius 1 is 1.00 bits per heavy atom. The highest BCUT2D eigenvalue weighted by Gasteiger charge is 2.25. The number of carbonyl (C=O) groups is 2. The van der Waals surface area contributed by atoms with Crippen molar-refractivity contribution < 1.29 is 9.59 Å². The zero-order valence-electron chi connectivity index (χ0n) is 11.5. The second-order valence-electron chi connectivity index (χ2n) is 4.45. The third-order valence-electron chi connectivity index (χ3n) is 2.98. The van der Waals surface area contributed by atoms with Crippen molar-refractivity contribution in [3.05, 3.63) is 65.2 Å². The first-order chi connectivity index (χ1) is 10.1. The molecular weight excluding hydrogens is 288 g/mol. The number of ketones is 1. The van der Waals surface area contributed by atoms with Gasteiger partial charge in [-0.25, -0.2) is 0 Å². The summed E-state index contributed by atoms with van der Waals surface area (Å²) >= 11 is 5.79. The van der Waals surface area contributed by atoms with Gasteiger partial charge in [0, 0.05) is 16.3 Å². The molecule has 0 saturated carbocycles. The van der Waals surface area contributed by atoms with Gasteiger partial charge >= 0.3 is 0 Å². The van der Waals surface area contributed by atoms with E-state index < -0.39 is 11.9 Å². The van der Waals surface area contributed by atoms with Gasteiger partial charge in [-0.05, 0) is 43.4 Å². The fourth-order valence-electron chi connectivity index (χ4n) is 1.90. The number of Topliss-reactive ketones (excluding diaryl/α,β-unsaturated/α-hetero) is 1. The van der Waals surface area contributed by atoms with Crippen LogP contribution < -0.4 is 10.6 Å². The van der Waals surface area contributed by atoms with Gasteiger partial charge in [0.15, 0.2) is 11.8 Å². The number of halogens is 1. The number of carbonyl (C=O) groups excluding carboxylic acids is 2. The Bertz CT molecular complexity index is 626. The summed E-state index contributed by atoms with van der Waals surface area (Å²) in [6.07, 6.45) is 0. The second kappa shape index (κ2) is 7.02. The lowest BCUT2D eigenvalue weighted by atomic mass is 10.0. The predicted molar refractivity (Wildman–Crippen MR) is 83.7 cm³/mol. The zero-order chi connectivity index (χ0) is 15.2. The van der Waals surface area contributed by atoms with Crippen LogP contribution in [0.25, 0.3) is 0 Å². The van der Waals surface area contributed by atoms with Crippen molar-refractivity contribution in [3.63, 3.8) is 0 Å². The molecule has 0 aliphatic carbocycles. The number of hydrogen-bond donors (Lipinski definition) is 2. The van der Waals surface area contributed by atoms with E-state index in [2.05, 4.69) is 10.6 Å². The molecule has 0 heterocycles. The molecule has 0 saturated heterocycles. The highest BCUT2D eigenvalue weighted by Crippen LogP contribution is 2.12. The van der Waals surface area contributed by atoms with Gasteiger partial charge in [0.05, 0.1) is 0 Å². The Morgan fingerprint density at radius 2 is 1.62 bits per heavy atom. The molecule has 1 amide bonds. The minimum atomic E-state index is -0.952. The summed E-state index contributed by atoms with van der Waals surface area (Å²) in [6, 6.07) is 14.5. The van der Waals surface area contributed by atoms with E-state index in [4.69, 9.17) is 11.6 Å². The van der Waals surface area contributed by atoms with Crippen LogP contribution in [0.3, 0.4) is 0 Å². The van der Waals surface area contributed by atoms with Crippen LogP contribution in [-0.4, -0.2) is 24.8 Å². The zero-order valence-corrected chi connectivity index (χ0v) is 12.2. The molecule has 2 N–H and O–H groups in total. The second-order valence-corrected chi connectivity index (χ2v) is 4.88. The summed E-state index contributed by atoms with van der Waals surface area (Å²) in [7, 11) is 1.57. The molecule has 1 atom stereocenters. The van der Waals surface area contributed by atoms with Gasteiger partial charge in [-0.2, -0.15) is 0 Å². The number of benzene rings is 2. The molecule has 5 heteroatoms. The van der Waals surface area contributed by atoms with E-state index in [1.807, 2.05) is 18.2 Å². The van der Waals surface area contributed by atoms with Crippen molar-refractivity contribution in [2.45, 2.75) is 6.04 Å². The lowest BCUT2D eigenvalue weighted by molar-refractivity contribution is -0.117. The normalized spacial score (nSPS) is 11.7. The minimum Gasteiger partial charge on any atom is -0.324 e. The van der Waals surface area contributed by atoms with E-state index >= 15 is 0 Å².